The zero-order valence-corrected chi connectivity index (χ0v) is 12.9. The average Bonchev–Trinajstić information content (AvgIpc) is 2.80. The smallest absolute Gasteiger partial charge is 0.308 e. The Labute approximate surface area is 130 Å². The number of ether oxygens (including phenoxy) is 1. The number of hydrogen-bond acceptors (Lipinski definition) is 7. The third kappa shape index (κ3) is 4.01. The minimum Gasteiger partial charge on any atom is -0.426 e. The van der Waals surface area contributed by atoms with Crippen LogP contribution in [0.3, 0.4) is 0 Å². The van der Waals surface area contributed by atoms with Crippen LogP contribution in [0.2, 0.25) is 0 Å². The summed E-state index contributed by atoms with van der Waals surface area (Å²) in [5.74, 6) is 0.0391. The van der Waals surface area contributed by atoms with Gasteiger partial charge in [-0.3, -0.25) is 4.79 Å². The summed E-state index contributed by atoms with van der Waals surface area (Å²) in [7, 11) is 0. The van der Waals surface area contributed by atoms with E-state index in [1.165, 1.54) is 18.3 Å². The van der Waals surface area contributed by atoms with Crippen molar-refractivity contribution in [1.82, 2.24) is 4.98 Å². The molecule has 2 rings (SSSR count). The summed E-state index contributed by atoms with van der Waals surface area (Å²) in [5.41, 5.74) is 1.50. The predicted molar refractivity (Wildman–Crippen MR) is 80.2 cm³/mol. The standard InChI is InChI=1S/C14H14N2O5S/c1-9-13(7-8-20-16(18)19)22-14(15-9)11-5-3-4-6-12(11)21-10(2)17/h3-6H,7-8H2,1-2H3. The van der Waals surface area contributed by atoms with Gasteiger partial charge in [-0.15, -0.1) is 21.5 Å². The molecule has 116 valence electrons. The van der Waals surface area contributed by atoms with Gasteiger partial charge >= 0.3 is 5.97 Å². The molecule has 8 heteroatoms. The van der Waals surface area contributed by atoms with E-state index in [2.05, 4.69) is 9.82 Å². The highest BCUT2D eigenvalue weighted by molar-refractivity contribution is 7.15. The second kappa shape index (κ2) is 6.99. The third-order valence-electron chi connectivity index (χ3n) is 2.79. The first-order valence-electron chi connectivity index (χ1n) is 6.49. The van der Waals surface area contributed by atoms with Gasteiger partial charge in [0.15, 0.2) is 0 Å². The van der Waals surface area contributed by atoms with Crippen LogP contribution in [0.5, 0.6) is 5.75 Å². The monoisotopic (exact) mass is 322 g/mol. The molecular formula is C14H14N2O5S. The molecule has 0 radical (unpaired) electrons. The number of nitrogens with zero attached hydrogens (tertiary/aromatic N) is 2. The highest BCUT2D eigenvalue weighted by Gasteiger charge is 2.14. The van der Waals surface area contributed by atoms with Crippen molar-refractivity contribution in [2.24, 2.45) is 0 Å². The molecule has 1 aromatic heterocycles. The summed E-state index contributed by atoms with van der Waals surface area (Å²) in [5, 5.41) is 10.1. The molecule has 22 heavy (non-hydrogen) atoms. The largest absolute Gasteiger partial charge is 0.426 e. The molecule has 0 aliphatic rings. The molecule has 7 nitrogen and oxygen atoms in total. The Morgan fingerprint density at radius 2 is 2.14 bits per heavy atom. The molecule has 0 N–H and O–H groups in total. The van der Waals surface area contributed by atoms with Gasteiger partial charge in [0, 0.05) is 18.2 Å². The van der Waals surface area contributed by atoms with Crippen LogP contribution in [0.4, 0.5) is 0 Å². The number of carbonyl (C=O) groups is 1. The molecule has 2 aromatic rings. The fourth-order valence-electron chi connectivity index (χ4n) is 1.88. The van der Waals surface area contributed by atoms with Gasteiger partial charge in [0.1, 0.15) is 17.4 Å². The molecule has 1 heterocycles. The Morgan fingerprint density at radius 1 is 1.41 bits per heavy atom. The van der Waals surface area contributed by atoms with Crippen LogP contribution in [0, 0.1) is 17.0 Å². The van der Waals surface area contributed by atoms with Crippen molar-refractivity contribution in [3.05, 3.63) is 45.0 Å². The topological polar surface area (TPSA) is 91.6 Å². The Morgan fingerprint density at radius 3 is 2.82 bits per heavy atom. The molecule has 0 atom stereocenters. The van der Waals surface area contributed by atoms with E-state index in [1.807, 2.05) is 19.1 Å². The maximum Gasteiger partial charge on any atom is 0.308 e. The van der Waals surface area contributed by atoms with Crippen molar-refractivity contribution in [1.29, 1.82) is 0 Å². The summed E-state index contributed by atoms with van der Waals surface area (Å²) in [6.07, 6.45) is 0.403. The van der Waals surface area contributed by atoms with Crippen molar-refractivity contribution in [3.8, 4) is 16.3 Å². The van der Waals surface area contributed by atoms with E-state index in [4.69, 9.17) is 4.74 Å². The maximum absolute atomic E-state index is 11.2. The summed E-state index contributed by atoms with van der Waals surface area (Å²) in [4.78, 5) is 31.0. The predicted octanol–water partition coefficient (Wildman–Crippen LogP) is 2.79. The van der Waals surface area contributed by atoms with E-state index in [1.54, 1.807) is 12.1 Å². The zero-order chi connectivity index (χ0) is 16.1. The van der Waals surface area contributed by atoms with Crippen molar-refractivity contribution in [3.63, 3.8) is 0 Å². The molecule has 0 fully saturated rings. The number of benzene rings is 1. The van der Waals surface area contributed by atoms with Gasteiger partial charge in [0.05, 0.1) is 11.3 Å². The fourth-order valence-corrected chi connectivity index (χ4v) is 2.95. The van der Waals surface area contributed by atoms with Gasteiger partial charge in [0.2, 0.25) is 0 Å². The van der Waals surface area contributed by atoms with Crippen LogP contribution >= 0.6 is 11.3 Å². The Kier molecular flexibility index (Phi) is 5.05. The number of carbonyl (C=O) groups excluding carboxylic acids is 1. The van der Waals surface area contributed by atoms with Gasteiger partial charge in [-0.2, -0.15) is 0 Å². The van der Waals surface area contributed by atoms with Gasteiger partial charge in [0.25, 0.3) is 5.09 Å². The SMILES string of the molecule is CC(=O)Oc1ccccc1-c1nc(C)c(CCO[N+](=O)[O-])s1. The molecular weight excluding hydrogens is 308 g/mol. The zero-order valence-electron chi connectivity index (χ0n) is 12.1. The first-order valence-corrected chi connectivity index (χ1v) is 7.30. The molecule has 0 aliphatic heterocycles. The summed E-state index contributed by atoms with van der Waals surface area (Å²) in [6.45, 7) is 3.15. The van der Waals surface area contributed by atoms with Crippen molar-refractivity contribution < 1.29 is 19.5 Å². The Hall–Kier alpha value is -2.48. The van der Waals surface area contributed by atoms with Crippen LogP contribution in [0.1, 0.15) is 17.5 Å². The normalized spacial score (nSPS) is 10.3. The quantitative estimate of drug-likeness (QED) is 0.351. The van der Waals surface area contributed by atoms with Crippen molar-refractivity contribution in [2.45, 2.75) is 20.3 Å². The molecule has 0 saturated heterocycles. The number of aromatic nitrogens is 1. The van der Waals surface area contributed by atoms with E-state index in [-0.39, 0.29) is 6.61 Å². The van der Waals surface area contributed by atoms with Crippen LogP contribution in [-0.4, -0.2) is 22.6 Å². The minimum absolute atomic E-state index is 0.0128. The molecule has 0 aliphatic carbocycles. The Bertz CT molecular complexity index is 698. The van der Waals surface area contributed by atoms with E-state index in [0.29, 0.717) is 22.7 Å². The van der Waals surface area contributed by atoms with Crippen LogP contribution in [-0.2, 0) is 16.1 Å². The van der Waals surface area contributed by atoms with E-state index < -0.39 is 11.1 Å². The number of thiazole rings is 1. The van der Waals surface area contributed by atoms with Gasteiger partial charge in [-0.1, -0.05) is 12.1 Å². The molecule has 0 unspecified atom stereocenters. The fraction of sp³-hybridized carbons (Fsp3) is 0.286. The summed E-state index contributed by atoms with van der Waals surface area (Å²) in [6, 6.07) is 7.11. The highest BCUT2D eigenvalue weighted by atomic mass is 32.1. The summed E-state index contributed by atoms with van der Waals surface area (Å²) < 4.78 is 5.18. The van der Waals surface area contributed by atoms with Crippen LogP contribution in [0.25, 0.3) is 10.6 Å². The minimum atomic E-state index is -0.812. The lowest BCUT2D eigenvalue weighted by atomic mass is 10.2. The lowest BCUT2D eigenvalue weighted by Crippen LogP contribution is -2.04. The van der Waals surface area contributed by atoms with E-state index in [0.717, 1.165) is 10.6 Å². The van der Waals surface area contributed by atoms with Gasteiger partial charge < -0.3 is 9.57 Å². The molecule has 0 bridgehead atoms. The number of aryl methyl sites for hydroxylation is 1. The number of rotatable bonds is 6. The van der Waals surface area contributed by atoms with Crippen molar-refractivity contribution >= 4 is 17.3 Å². The highest BCUT2D eigenvalue weighted by Crippen LogP contribution is 2.34. The van der Waals surface area contributed by atoms with Crippen LogP contribution < -0.4 is 4.74 Å². The number of hydrogen-bond donors (Lipinski definition) is 0. The average molecular weight is 322 g/mol. The van der Waals surface area contributed by atoms with Gasteiger partial charge in [-0.05, 0) is 19.1 Å². The van der Waals surface area contributed by atoms with Crippen LogP contribution in [0.15, 0.2) is 24.3 Å². The number of esters is 1. The summed E-state index contributed by atoms with van der Waals surface area (Å²) >= 11 is 1.40. The first-order chi connectivity index (χ1) is 10.5. The second-order valence-electron chi connectivity index (χ2n) is 4.42. The molecule has 0 spiro atoms. The van der Waals surface area contributed by atoms with E-state index >= 15 is 0 Å². The molecule has 0 amide bonds. The van der Waals surface area contributed by atoms with Gasteiger partial charge in [-0.25, -0.2) is 4.98 Å². The molecule has 1 aromatic carbocycles. The third-order valence-corrected chi connectivity index (χ3v) is 4.04. The van der Waals surface area contributed by atoms with Crippen molar-refractivity contribution in [2.75, 3.05) is 6.61 Å². The molecule has 0 saturated carbocycles. The first kappa shape index (κ1) is 15.9. The maximum atomic E-state index is 11.2. The lowest BCUT2D eigenvalue weighted by Gasteiger charge is -2.05. The lowest BCUT2D eigenvalue weighted by molar-refractivity contribution is -0.757. The van der Waals surface area contributed by atoms with E-state index in [9.17, 15) is 14.9 Å². The number of para-hydroxylation sites is 1. The Balaban J connectivity index is 2.23. The second-order valence-corrected chi connectivity index (χ2v) is 5.51.